The van der Waals surface area contributed by atoms with E-state index in [-0.39, 0.29) is 11.8 Å². The molecule has 112 valence electrons. The van der Waals surface area contributed by atoms with Crippen LogP contribution in [0.15, 0.2) is 24.3 Å². The molecule has 20 heavy (non-hydrogen) atoms. The number of anilines is 1. The van der Waals surface area contributed by atoms with Gasteiger partial charge in [-0.3, -0.25) is 4.79 Å². The minimum atomic E-state index is -3.23. The zero-order valence-corrected chi connectivity index (χ0v) is 13.1. The van der Waals surface area contributed by atoms with Gasteiger partial charge >= 0.3 is 0 Å². The third kappa shape index (κ3) is 4.94. The van der Waals surface area contributed by atoms with E-state index in [4.69, 9.17) is 0 Å². The summed E-state index contributed by atoms with van der Waals surface area (Å²) < 4.78 is 26.0. The molecule has 0 bridgehead atoms. The van der Waals surface area contributed by atoms with Crippen molar-refractivity contribution >= 4 is 21.6 Å². The number of sulfonamides is 1. The van der Waals surface area contributed by atoms with Crippen LogP contribution in [0.3, 0.4) is 0 Å². The molecule has 6 heteroatoms. The lowest BCUT2D eigenvalue weighted by Crippen LogP contribution is -2.33. The van der Waals surface area contributed by atoms with Gasteiger partial charge in [-0.2, -0.15) is 0 Å². The van der Waals surface area contributed by atoms with Crippen molar-refractivity contribution in [3.8, 4) is 0 Å². The van der Waals surface area contributed by atoms with Crippen LogP contribution in [0.25, 0.3) is 0 Å². The summed E-state index contributed by atoms with van der Waals surface area (Å²) in [6.07, 6.45) is 0. The van der Waals surface area contributed by atoms with Crippen LogP contribution in [-0.2, 0) is 14.8 Å². The predicted molar refractivity (Wildman–Crippen MR) is 81.2 cm³/mol. The normalized spacial score (nSPS) is 13.2. The van der Waals surface area contributed by atoms with Crippen LogP contribution in [0.2, 0.25) is 0 Å². The topological polar surface area (TPSA) is 75.3 Å². The van der Waals surface area contributed by atoms with E-state index in [2.05, 4.69) is 10.0 Å². The summed E-state index contributed by atoms with van der Waals surface area (Å²) in [5, 5.41) is 2.26. The quantitative estimate of drug-likeness (QED) is 0.844. The Morgan fingerprint density at radius 2 is 1.70 bits per heavy atom. The van der Waals surface area contributed by atoms with E-state index in [0.717, 1.165) is 11.3 Å². The van der Waals surface area contributed by atoms with E-state index in [1.807, 2.05) is 31.2 Å². The van der Waals surface area contributed by atoms with Crippen LogP contribution >= 0.6 is 0 Å². The highest BCUT2D eigenvalue weighted by atomic mass is 32.2. The summed E-state index contributed by atoms with van der Waals surface area (Å²) in [5.74, 6) is -0.0506. The Kier molecular flexibility index (Phi) is 5.71. The van der Waals surface area contributed by atoms with Crippen LogP contribution in [0.5, 0.6) is 0 Å². The Morgan fingerprint density at radius 3 is 2.15 bits per heavy atom. The summed E-state index contributed by atoms with van der Waals surface area (Å²) >= 11 is 0. The molecule has 0 spiro atoms. The number of hydrogen-bond donors (Lipinski definition) is 2. The number of nitrogens with one attached hydrogen (secondary N) is 2. The van der Waals surface area contributed by atoms with Gasteiger partial charge in [0.15, 0.2) is 0 Å². The van der Waals surface area contributed by atoms with Gasteiger partial charge in [-0.15, -0.1) is 0 Å². The smallest absolute Gasteiger partial charge is 0.221 e. The number of hydrogen-bond acceptors (Lipinski definition) is 3. The van der Waals surface area contributed by atoms with Crippen molar-refractivity contribution < 1.29 is 13.2 Å². The van der Waals surface area contributed by atoms with E-state index in [1.165, 1.54) is 6.92 Å². The molecule has 1 unspecified atom stereocenters. The van der Waals surface area contributed by atoms with Crippen molar-refractivity contribution in [2.24, 2.45) is 0 Å². The predicted octanol–water partition coefficient (Wildman–Crippen LogP) is 2.08. The Morgan fingerprint density at radius 1 is 1.15 bits per heavy atom. The molecule has 0 fully saturated rings. The molecule has 0 radical (unpaired) electrons. The lowest BCUT2D eigenvalue weighted by atomic mass is 10.0. The first-order valence-corrected chi connectivity index (χ1v) is 8.13. The highest BCUT2D eigenvalue weighted by Crippen LogP contribution is 2.18. The fraction of sp³-hybridized carbons (Fsp3) is 0.500. The van der Waals surface area contributed by atoms with Gasteiger partial charge < -0.3 is 5.32 Å². The molecular formula is C14H22N2O3S. The lowest BCUT2D eigenvalue weighted by Gasteiger charge is -2.15. The van der Waals surface area contributed by atoms with E-state index < -0.39 is 15.3 Å². The maximum Gasteiger partial charge on any atom is 0.221 e. The maximum atomic E-state index is 11.7. The van der Waals surface area contributed by atoms with Gasteiger partial charge in [0.2, 0.25) is 15.9 Å². The van der Waals surface area contributed by atoms with Crippen molar-refractivity contribution in [1.82, 2.24) is 4.72 Å². The van der Waals surface area contributed by atoms with Gasteiger partial charge in [-0.1, -0.05) is 19.1 Å². The molecule has 0 aliphatic rings. The lowest BCUT2D eigenvalue weighted by molar-refractivity contribution is -0.114. The first kappa shape index (κ1) is 16.7. The molecule has 0 aliphatic heterocycles. The van der Waals surface area contributed by atoms with Gasteiger partial charge in [0.05, 0.1) is 5.25 Å². The average molecular weight is 298 g/mol. The summed E-state index contributed by atoms with van der Waals surface area (Å²) in [4.78, 5) is 10.9. The molecule has 0 heterocycles. The van der Waals surface area contributed by atoms with Crippen LogP contribution in [0.4, 0.5) is 5.69 Å². The summed E-state index contributed by atoms with van der Waals surface area (Å²) in [5.41, 5.74) is 1.75. The molecule has 5 nitrogen and oxygen atoms in total. The Labute approximate surface area is 120 Å². The summed E-state index contributed by atoms with van der Waals surface area (Å²) in [7, 11) is -3.23. The van der Waals surface area contributed by atoms with E-state index in [1.54, 1.807) is 13.8 Å². The van der Waals surface area contributed by atoms with E-state index in [9.17, 15) is 13.2 Å². The van der Waals surface area contributed by atoms with Crippen molar-refractivity contribution in [3.63, 3.8) is 0 Å². The summed E-state index contributed by atoms with van der Waals surface area (Å²) in [6, 6.07) is 7.40. The molecule has 0 saturated carbocycles. The van der Waals surface area contributed by atoms with Gasteiger partial charge in [-0.05, 0) is 37.5 Å². The first-order valence-electron chi connectivity index (χ1n) is 6.58. The minimum Gasteiger partial charge on any atom is -0.326 e. The number of rotatable bonds is 6. The molecular weight excluding hydrogens is 276 g/mol. The maximum absolute atomic E-state index is 11.7. The first-order chi connectivity index (χ1) is 9.22. The van der Waals surface area contributed by atoms with E-state index >= 15 is 0 Å². The van der Waals surface area contributed by atoms with Crippen LogP contribution in [0.1, 0.15) is 39.2 Å². The third-order valence-corrected chi connectivity index (χ3v) is 4.82. The highest BCUT2D eigenvalue weighted by molar-refractivity contribution is 7.90. The van der Waals surface area contributed by atoms with Gasteiger partial charge in [0.25, 0.3) is 0 Å². The second kappa shape index (κ2) is 6.85. The Hall–Kier alpha value is -1.40. The van der Waals surface area contributed by atoms with Crippen LogP contribution in [0, 0.1) is 0 Å². The van der Waals surface area contributed by atoms with Gasteiger partial charge in [0, 0.05) is 19.2 Å². The number of benzene rings is 1. The van der Waals surface area contributed by atoms with Gasteiger partial charge in [-0.25, -0.2) is 13.1 Å². The molecule has 2 N–H and O–H groups in total. The zero-order chi connectivity index (χ0) is 15.3. The standard InChI is InChI=1S/C14H22N2O3S/c1-10(2)20(18,19)15-9-11(3)13-5-7-14(8-6-13)16-12(4)17/h5-8,10-11,15H,9H2,1-4H3,(H,16,17). The highest BCUT2D eigenvalue weighted by Gasteiger charge is 2.16. The largest absolute Gasteiger partial charge is 0.326 e. The van der Waals surface area contributed by atoms with Crippen LogP contribution < -0.4 is 10.0 Å². The van der Waals surface area contributed by atoms with Crippen molar-refractivity contribution in [1.29, 1.82) is 0 Å². The minimum absolute atomic E-state index is 0.0647. The Balaban J connectivity index is 2.64. The summed E-state index contributed by atoms with van der Waals surface area (Å²) in [6.45, 7) is 7.07. The second-order valence-corrected chi connectivity index (χ2v) is 7.47. The number of carbonyl (C=O) groups excluding carboxylic acids is 1. The fourth-order valence-electron chi connectivity index (χ4n) is 1.62. The SMILES string of the molecule is CC(=O)Nc1ccc(C(C)CNS(=O)(=O)C(C)C)cc1. The molecule has 1 aromatic rings. The number of carbonyl (C=O) groups is 1. The Bertz CT molecular complexity index is 550. The molecule has 0 aromatic heterocycles. The van der Waals surface area contributed by atoms with Crippen molar-refractivity contribution in [3.05, 3.63) is 29.8 Å². The average Bonchev–Trinajstić information content (AvgIpc) is 2.36. The molecule has 1 aromatic carbocycles. The third-order valence-electron chi connectivity index (χ3n) is 3.01. The zero-order valence-electron chi connectivity index (χ0n) is 12.3. The fourth-order valence-corrected chi connectivity index (χ4v) is 2.44. The monoisotopic (exact) mass is 298 g/mol. The molecule has 0 aliphatic carbocycles. The van der Waals surface area contributed by atoms with E-state index in [0.29, 0.717) is 6.54 Å². The van der Waals surface area contributed by atoms with Gasteiger partial charge in [0.1, 0.15) is 0 Å². The van der Waals surface area contributed by atoms with Crippen molar-refractivity contribution in [2.45, 2.75) is 38.9 Å². The molecule has 1 rings (SSSR count). The second-order valence-electron chi connectivity index (χ2n) is 5.15. The van der Waals surface area contributed by atoms with Crippen molar-refractivity contribution in [2.75, 3.05) is 11.9 Å². The number of amides is 1. The molecule has 1 atom stereocenters. The molecule has 0 saturated heterocycles. The van der Waals surface area contributed by atoms with Crippen LogP contribution in [-0.4, -0.2) is 26.1 Å². The molecule has 1 amide bonds.